The highest BCUT2D eigenvalue weighted by Gasteiger charge is 2.61. The second-order valence-corrected chi connectivity index (χ2v) is 7.55. The lowest BCUT2D eigenvalue weighted by molar-refractivity contribution is -0.0740. The number of benzene rings is 1. The number of urea groups is 2. The van der Waals surface area contributed by atoms with Crippen LogP contribution in [0.15, 0.2) is 29.2 Å². The van der Waals surface area contributed by atoms with Crippen molar-refractivity contribution in [2.45, 2.75) is 23.4 Å². The van der Waals surface area contributed by atoms with Crippen molar-refractivity contribution in [3.8, 4) is 0 Å². The second kappa shape index (κ2) is 7.50. The van der Waals surface area contributed by atoms with Crippen LogP contribution in [0.25, 0.3) is 0 Å². The van der Waals surface area contributed by atoms with Gasteiger partial charge in [-0.1, -0.05) is 19.1 Å². The molecule has 4 amide bonds. The number of esters is 1. The van der Waals surface area contributed by atoms with Crippen LogP contribution in [0.1, 0.15) is 23.7 Å². The Morgan fingerprint density at radius 3 is 2.44 bits per heavy atom. The molecule has 0 radical (unpaired) electrons. The Kier molecular flexibility index (Phi) is 5.73. The maximum absolute atomic E-state index is 13.5. The highest BCUT2D eigenvalue weighted by Crippen LogP contribution is 2.34. The average Bonchev–Trinajstić information content (AvgIpc) is 2.92. The normalized spacial score (nSPS) is 20.0. The molecule has 0 aliphatic carbocycles. The molecule has 0 spiro atoms. The number of nitrogens with zero attached hydrogens (tertiary/aromatic N) is 2. The number of hydrogen-bond acceptors (Lipinski definition) is 8. The van der Waals surface area contributed by atoms with Crippen LogP contribution in [0.5, 0.6) is 0 Å². The first kappa shape index (κ1) is 20.6. The molecule has 1 aromatic rings. The van der Waals surface area contributed by atoms with Crippen LogP contribution in [0.4, 0.5) is 9.59 Å². The topological polar surface area (TPSA) is 148 Å². The molecular weight excluding hydrogens is 380 g/mol. The molecule has 1 aromatic carbocycles. The van der Waals surface area contributed by atoms with Gasteiger partial charge in [0.15, 0.2) is 0 Å². The zero-order chi connectivity index (χ0) is 20.4. The number of hydrogen-bond donors (Lipinski definition) is 2. The van der Waals surface area contributed by atoms with E-state index in [1.165, 1.54) is 24.3 Å². The summed E-state index contributed by atoms with van der Waals surface area (Å²) in [6.45, 7) is 1.65. The number of hydrazine groups is 1. The lowest BCUT2D eigenvalue weighted by Gasteiger charge is -2.33. The summed E-state index contributed by atoms with van der Waals surface area (Å²) in [5, 5.41) is -2.15. The molecule has 2 rings (SSSR count). The van der Waals surface area contributed by atoms with Crippen molar-refractivity contribution in [3.63, 3.8) is 0 Å². The van der Waals surface area contributed by atoms with Crippen molar-refractivity contribution in [3.05, 3.63) is 29.8 Å². The van der Waals surface area contributed by atoms with Gasteiger partial charge in [-0.15, -0.1) is 0 Å². The van der Waals surface area contributed by atoms with Gasteiger partial charge in [0.2, 0.25) is 9.84 Å². The molecular formula is C15H20N4O7S. The number of sulfone groups is 1. The molecule has 148 valence electrons. The van der Waals surface area contributed by atoms with Gasteiger partial charge in [0, 0.05) is 7.05 Å². The summed E-state index contributed by atoms with van der Waals surface area (Å²) < 4.78 is 37.0. The van der Waals surface area contributed by atoms with Crippen LogP contribution in [0, 0.1) is 0 Å². The molecule has 11 nitrogen and oxygen atoms in total. The van der Waals surface area contributed by atoms with Crippen molar-refractivity contribution in [2.24, 2.45) is 5.73 Å². The van der Waals surface area contributed by atoms with Gasteiger partial charge < -0.3 is 15.2 Å². The third-order valence-corrected chi connectivity index (χ3v) is 5.99. The standard InChI is InChI=1S/C15H20N4O7S/c1-4-9-26-15(17-19(13(16)21)14(22)18(15)2)27(23,24)11-8-6-5-7-10(11)12(20)25-3/h5-8,17H,4,9H2,1-3H3,(H2,16,21). The van der Waals surface area contributed by atoms with E-state index in [1.54, 1.807) is 6.92 Å². The van der Waals surface area contributed by atoms with Crippen LogP contribution >= 0.6 is 0 Å². The average molecular weight is 400 g/mol. The van der Waals surface area contributed by atoms with Crippen LogP contribution in [0.2, 0.25) is 0 Å². The molecule has 1 aliphatic rings. The van der Waals surface area contributed by atoms with Gasteiger partial charge in [0.05, 0.1) is 24.2 Å². The van der Waals surface area contributed by atoms with Crippen molar-refractivity contribution in [1.29, 1.82) is 0 Å². The maximum atomic E-state index is 13.5. The SMILES string of the molecule is CCCOC1(S(=O)(=O)c2ccccc2C(=O)OC)NN(C(N)=O)C(=O)N1C. The summed E-state index contributed by atoms with van der Waals surface area (Å²) in [4.78, 5) is 36.1. The number of amides is 4. The molecule has 1 saturated heterocycles. The fourth-order valence-electron chi connectivity index (χ4n) is 2.51. The Balaban J connectivity index is 2.70. The fourth-order valence-corrected chi connectivity index (χ4v) is 4.39. The summed E-state index contributed by atoms with van der Waals surface area (Å²) in [6, 6.07) is 3.04. The summed E-state index contributed by atoms with van der Waals surface area (Å²) >= 11 is 0. The Labute approximate surface area is 155 Å². The largest absolute Gasteiger partial charge is 0.465 e. The van der Waals surface area contributed by atoms with E-state index in [0.29, 0.717) is 16.3 Å². The maximum Gasteiger partial charge on any atom is 0.347 e. The number of carbonyl (C=O) groups excluding carboxylic acids is 3. The fraction of sp³-hybridized carbons (Fsp3) is 0.400. The van der Waals surface area contributed by atoms with Crippen molar-refractivity contribution in [1.82, 2.24) is 15.3 Å². The minimum absolute atomic E-state index is 0.0726. The van der Waals surface area contributed by atoms with Crippen LogP contribution < -0.4 is 11.2 Å². The lowest BCUT2D eigenvalue weighted by Crippen LogP contribution is -2.60. The van der Waals surface area contributed by atoms with E-state index in [1.807, 2.05) is 0 Å². The van der Waals surface area contributed by atoms with Gasteiger partial charge in [0.1, 0.15) is 0 Å². The highest BCUT2D eigenvalue weighted by atomic mass is 32.2. The summed E-state index contributed by atoms with van der Waals surface area (Å²) in [6.07, 6.45) is 0.413. The van der Waals surface area contributed by atoms with Crippen molar-refractivity contribution >= 4 is 27.9 Å². The molecule has 1 fully saturated rings. The van der Waals surface area contributed by atoms with Gasteiger partial charge in [-0.05, 0) is 18.6 Å². The third kappa shape index (κ3) is 3.22. The molecule has 0 saturated carbocycles. The van der Waals surface area contributed by atoms with E-state index in [-0.39, 0.29) is 12.2 Å². The van der Waals surface area contributed by atoms with Gasteiger partial charge in [-0.2, -0.15) is 10.4 Å². The van der Waals surface area contributed by atoms with Gasteiger partial charge >= 0.3 is 23.2 Å². The van der Waals surface area contributed by atoms with Crippen molar-refractivity contribution in [2.75, 3.05) is 20.8 Å². The first-order valence-corrected chi connectivity index (χ1v) is 9.33. The molecule has 1 unspecified atom stereocenters. The number of primary amides is 1. The van der Waals surface area contributed by atoms with E-state index < -0.39 is 37.9 Å². The van der Waals surface area contributed by atoms with Crippen molar-refractivity contribution < 1.29 is 32.3 Å². The van der Waals surface area contributed by atoms with E-state index in [2.05, 4.69) is 10.2 Å². The molecule has 27 heavy (non-hydrogen) atoms. The van der Waals surface area contributed by atoms with Crippen LogP contribution in [0.3, 0.4) is 0 Å². The Morgan fingerprint density at radius 1 is 1.30 bits per heavy atom. The lowest BCUT2D eigenvalue weighted by atomic mass is 10.2. The number of methoxy groups -OCH3 is 1. The Hall–Kier alpha value is -2.70. The number of nitrogens with two attached hydrogens (primary N) is 1. The Bertz CT molecular complexity index is 873. The summed E-state index contributed by atoms with van der Waals surface area (Å²) in [7, 11) is -2.35. The van der Waals surface area contributed by atoms with E-state index in [4.69, 9.17) is 10.5 Å². The first-order valence-electron chi connectivity index (χ1n) is 7.85. The number of rotatable bonds is 6. The smallest absolute Gasteiger partial charge is 0.347 e. The number of nitrogens with one attached hydrogen (secondary N) is 1. The third-order valence-electron chi connectivity index (χ3n) is 3.84. The minimum Gasteiger partial charge on any atom is -0.465 e. The van der Waals surface area contributed by atoms with E-state index in [9.17, 15) is 22.8 Å². The molecule has 12 heteroatoms. The minimum atomic E-state index is -4.59. The molecule has 0 aromatic heterocycles. The summed E-state index contributed by atoms with van der Waals surface area (Å²) in [5.41, 5.74) is 7.12. The number of imide groups is 1. The first-order chi connectivity index (χ1) is 12.6. The molecule has 3 N–H and O–H groups in total. The zero-order valence-electron chi connectivity index (χ0n) is 15.0. The highest BCUT2D eigenvalue weighted by molar-refractivity contribution is 7.92. The second-order valence-electron chi connectivity index (χ2n) is 5.55. The molecule has 0 bridgehead atoms. The van der Waals surface area contributed by atoms with Crippen LogP contribution in [-0.4, -0.2) is 62.3 Å². The van der Waals surface area contributed by atoms with E-state index in [0.717, 1.165) is 14.2 Å². The zero-order valence-corrected chi connectivity index (χ0v) is 15.8. The molecule has 1 heterocycles. The quantitative estimate of drug-likeness (QED) is 0.645. The molecule has 1 atom stereocenters. The predicted octanol–water partition coefficient (Wildman–Crippen LogP) is 0.236. The number of ether oxygens (including phenoxy) is 2. The van der Waals surface area contributed by atoms with Crippen LogP contribution in [-0.2, 0) is 19.3 Å². The number of carbonyl (C=O) groups is 3. The molecule has 1 aliphatic heterocycles. The predicted molar refractivity (Wildman–Crippen MR) is 91.7 cm³/mol. The van der Waals surface area contributed by atoms with Gasteiger partial charge in [-0.3, -0.25) is 4.90 Å². The Morgan fingerprint density at radius 2 is 1.93 bits per heavy atom. The van der Waals surface area contributed by atoms with Gasteiger partial charge in [0.25, 0.3) is 0 Å². The monoisotopic (exact) mass is 400 g/mol. The van der Waals surface area contributed by atoms with Gasteiger partial charge in [-0.25, -0.2) is 22.8 Å². The van der Waals surface area contributed by atoms with E-state index >= 15 is 0 Å². The summed E-state index contributed by atoms with van der Waals surface area (Å²) in [5.74, 6) is -0.890.